The van der Waals surface area contributed by atoms with Gasteiger partial charge < -0.3 is 19.3 Å². The van der Waals surface area contributed by atoms with Crippen molar-refractivity contribution in [3.63, 3.8) is 0 Å². The molecule has 0 saturated carbocycles. The van der Waals surface area contributed by atoms with Crippen molar-refractivity contribution < 1.29 is 19.1 Å². The zero-order chi connectivity index (χ0) is 19.7. The SMILES string of the molecule is COc1nc2ccccc2nc1CCC(=O)N1C[C@@H]2OCCC(=O)N(C)[C@H]2C1. The van der Waals surface area contributed by atoms with E-state index < -0.39 is 0 Å². The normalized spacial score (nSPS) is 22.3. The number of para-hydroxylation sites is 2. The first-order valence-corrected chi connectivity index (χ1v) is 9.51. The lowest BCUT2D eigenvalue weighted by Crippen LogP contribution is -2.43. The second-order valence-electron chi connectivity index (χ2n) is 7.20. The summed E-state index contributed by atoms with van der Waals surface area (Å²) in [6.07, 6.45) is 1.04. The van der Waals surface area contributed by atoms with Gasteiger partial charge in [-0.1, -0.05) is 12.1 Å². The van der Waals surface area contributed by atoms with Gasteiger partial charge in [-0.05, 0) is 12.1 Å². The standard InChI is InChI=1S/C20H24N4O4/c1-23-16-11-24(12-17(16)28-10-9-18(23)25)19(26)8-7-15-20(27-2)22-14-6-4-3-5-13(14)21-15/h3-6,16-17H,7-12H2,1-2H3/t16-,17-/m0/s1. The van der Waals surface area contributed by atoms with Gasteiger partial charge in [-0.15, -0.1) is 0 Å². The first-order chi connectivity index (χ1) is 13.6. The minimum absolute atomic E-state index is 0.0227. The summed E-state index contributed by atoms with van der Waals surface area (Å²) in [5.74, 6) is 0.541. The number of hydrogen-bond donors (Lipinski definition) is 0. The fourth-order valence-corrected chi connectivity index (χ4v) is 3.89. The molecule has 2 aromatic rings. The number of aromatic nitrogens is 2. The second kappa shape index (κ2) is 7.71. The minimum atomic E-state index is -0.115. The molecule has 2 saturated heterocycles. The number of likely N-dealkylation sites (tertiary alicyclic amines) is 1. The quantitative estimate of drug-likeness (QED) is 0.783. The molecule has 8 nitrogen and oxygen atoms in total. The number of aryl methyl sites for hydroxylation is 1. The van der Waals surface area contributed by atoms with E-state index in [1.54, 1.807) is 24.0 Å². The first-order valence-electron chi connectivity index (χ1n) is 9.51. The number of benzene rings is 1. The summed E-state index contributed by atoms with van der Waals surface area (Å²) in [5, 5.41) is 0. The molecule has 2 atom stereocenters. The molecule has 2 amide bonds. The monoisotopic (exact) mass is 384 g/mol. The summed E-state index contributed by atoms with van der Waals surface area (Å²) in [4.78, 5) is 37.4. The van der Waals surface area contributed by atoms with Crippen LogP contribution in [0.15, 0.2) is 24.3 Å². The fourth-order valence-electron chi connectivity index (χ4n) is 3.89. The van der Waals surface area contributed by atoms with Gasteiger partial charge in [-0.2, -0.15) is 0 Å². The Kier molecular flexibility index (Phi) is 5.13. The lowest BCUT2D eigenvalue weighted by molar-refractivity contribution is -0.133. The minimum Gasteiger partial charge on any atom is -0.480 e. The molecule has 0 aliphatic carbocycles. The Morgan fingerprint density at radius 1 is 1.25 bits per heavy atom. The molecule has 2 fully saturated rings. The van der Waals surface area contributed by atoms with Gasteiger partial charge in [0.25, 0.3) is 0 Å². The number of amides is 2. The molecule has 3 heterocycles. The van der Waals surface area contributed by atoms with Gasteiger partial charge in [-0.3, -0.25) is 9.59 Å². The average molecular weight is 384 g/mol. The van der Waals surface area contributed by atoms with Crippen molar-refractivity contribution in [2.45, 2.75) is 31.4 Å². The summed E-state index contributed by atoms with van der Waals surface area (Å²) >= 11 is 0. The molecular formula is C20H24N4O4. The lowest BCUT2D eigenvalue weighted by Gasteiger charge is -2.25. The maximum Gasteiger partial charge on any atom is 0.235 e. The van der Waals surface area contributed by atoms with E-state index in [-0.39, 0.29) is 24.0 Å². The van der Waals surface area contributed by atoms with E-state index in [0.717, 1.165) is 11.0 Å². The van der Waals surface area contributed by atoms with Gasteiger partial charge in [0.1, 0.15) is 5.69 Å². The number of rotatable bonds is 4. The van der Waals surface area contributed by atoms with Crippen LogP contribution in [-0.4, -0.2) is 77.6 Å². The van der Waals surface area contributed by atoms with E-state index in [1.165, 1.54) is 0 Å². The number of nitrogens with zero attached hydrogens (tertiary/aromatic N) is 4. The largest absolute Gasteiger partial charge is 0.480 e. The first kappa shape index (κ1) is 18.6. The third kappa shape index (κ3) is 3.52. The fraction of sp³-hybridized carbons (Fsp3) is 0.500. The maximum absolute atomic E-state index is 12.8. The highest BCUT2D eigenvalue weighted by Gasteiger charge is 2.41. The van der Waals surface area contributed by atoms with Crippen LogP contribution in [0, 0.1) is 0 Å². The number of ether oxygens (including phenoxy) is 2. The predicted octanol–water partition coefficient (Wildman–Crippen LogP) is 1.03. The summed E-state index contributed by atoms with van der Waals surface area (Å²) in [5.41, 5.74) is 2.22. The summed E-state index contributed by atoms with van der Waals surface area (Å²) in [6.45, 7) is 1.43. The summed E-state index contributed by atoms with van der Waals surface area (Å²) < 4.78 is 11.2. The molecule has 1 aromatic carbocycles. The van der Waals surface area contributed by atoms with E-state index in [9.17, 15) is 9.59 Å². The third-order valence-electron chi connectivity index (χ3n) is 5.50. The molecule has 0 N–H and O–H groups in total. The van der Waals surface area contributed by atoms with Crippen molar-refractivity contribution in [1.82, 2.24) is 19.8 Å². The van der Waals surface area contributed by atoms with Crippen molar-refractivity contribution in [2.75, 3.05) is 33.9 Å². The predicted molar refractivity (Wildman–Crippen MR) is 102 cm³/mol. The van der Waals surface area contributed by atoms with Crippen molar-refractivity contribution in [1.29, 1.82) is 0 Å². The molecule has 28 heavy (non-hydrogen) atoms. The zero-order valence-electron chi connectivity index (χ0n) is 16.1. The van der Waals surface area contributed by atoms with Gasteiger partial charge in [0, 0.05) is 33.0 Å². The highest BCUT2D eigenvalue weighted by Crippen LogP contribution is 2.24. The van der Waals surface area contributed by atoms with Crippen LogP contribution in [0.4, 0.5) is 0 Å². The average Bonchev–Trinajstić information content (AvgIpc) is 3.09. The van der Waals surface area contributed by atoms with E-state index in [4.69, 9.17) is 9.47 Å². The molecule has 0 bridgehead atoms. The van der Waals surface area contributed by atoms with E-state index in [0.29, 0.717) is 50.5 Å². The number of methoxy groups -OCH3 is 1. The molecule has 8 heteroatoms. The van der Waals surface area contributed by atoms with E-state index >= 15 is 0 Å². The lowest BCUT2D eigenvalue weighted by atomic mass is 10.2. The molecule has 2 aliphatic heterocycles. The zero-order valence-corrected chi connectivity index (χ0v) is 16.1. The summed E-state index contributed by atoms with van der Waals surface area (Å²) in [7, 11) is 3.35. The number of hydrogen-bond acceptors (Lipinski definition) is 6. The number of fused-ring (bicyclic) bond motifs is 2. The molecule has 0 unspecified atom stereocenters. The Hall–Kier alpha value is -2.74. The van der Waals surface area contributed by atoms with Crippen LogP contribution in [0.3, 0.4) is 0 Å². The maximum atomic E-state index is 12.8. The molecule has 1 aromatic heterocycles. The van der Waals surface area contributed by atoms with Crippen LogP contribution >= 0.6 is 0 Å². The Morgan fingerprint density at radius 3 is 2.75 bits per heavy atom. The third-order valence-corrected chi connectivity index (χ3v) is 5.50. The van der Waals surface area contributed by atoms with Gasteiger partial charge >= 0.3 is 0 Å². The van der Waals surface area contributed by atoms with Crippen molar-refractivity contribution in [3.05, 3.63) is 30.0 Å². The topological polar surface area (TPSA) is 84.9 Å². The van der Waals surface area contributed by atoms with Crippen molar-refractivity contribution in [2.24, 2.45) is 0 Å². The Balaban J connectivity index is 1.44. The van der Waals surface area contributed by atoms with E-state index in [1.807, 2.05) is 24.3 Å². The van der Waals surface area contributed by atoms with Crippen LogP contribution in [0.25, 0.3) is 11.0 Å². The Labute approximate surface area is 163 Å². The van der Waals surface area contributed by atoms with Gasteiger partial charge in [-0.25, -0.2) is 9.97 Å². The molecule has 2 aliphatic rings. The van der Waals surface area contributed by atoms with Crippen LogP contribution in [0.1, 0.15) is 18.5 Å². The molecule has 4 rings (SSSR count). The van der Waals surface area contributed by atoms with Crippen molar-refractivity contribution in [3.8, 4) is 5.88 Å². The van der Waals surface area contributed by atoms with Crippen LogP contribution in [0.2, 0.25) is 0 Å². The Morgan fingerprint density at radius 2 is 2.00 bits per heavy atom. The Bertz CT molecular complexity index is 903. The van der Waals surface area contributed by atoms with Crippen LogP contribution < -0.4 is 4.74 Å². The summed E-state index contributed by atoms with van der Waals surface area (Å²) in [6, 6.07) is 7.51. The highest BCUT2D eigenvalue weighted by molar-refractivity contribution is 5.79. The highest BCUT2D eigenvalue weighted by atomic mass is 16.5. The van der Waals surface area contributed by atoms with Gasteiger partial charge in [0.2, 0.25) is 17.7 Å². The molecule has 148 valence electrons. The van der Waals surface area contributed by atoms with Gasteiger partial charge in [0.15, 0.2) is 0 Å². The number of likely N-dealkylation sites (N-methyl/N-ethyl adjacent to an activating group) is 1. The second-order valence-corrected chi connectivity index (χ2v) is 7.20. The molecule has 0 radical (unpaired) electrons. The molecular weight excluding hydrogens is 360 g/mol. The van der Waals surface area contributed by atoms with Crippen LogP contribution in [-0.2, 0) is 20.7 Å². The molecule has 0 spiro atoms. The van der Waals surface area contributed by atoms with Crippen molar-refractivity contribution >= 4 is 22.8 Å². The van der Waals surface area contributed by atoms with E-state index in [2.05, 4.69) is 9.97 Å². The number of carbonyl (C=O) groups is 2. The number of carbonyl (C=O) groups excluding carboxylic acids is 2. The van der Waals surface area contributed by atoms with Crippen LogP contribution in [0.5, 0.6) is 5.88 Å². The smallest absolute Gasteiger partial charge is 0.235 e. The van der Waals surface area contributed by atoms with Gasteiger partial charge in [0.05, 0.1) is 43.3 Å².